The third-order valence-electron chi connectivity index (χ3n) is 4.06. The molecular weight excluding hydrogens is 355 g/mol. The third kappa shape index (κ3) is 7.35. The first-order valence-corrected chi connectivity index (χ1v) is 9.24. The third-order valence-corrected chi connectivity index (χ3v) is 4.06. The predicted octanol–water partition coefficient (Wildman–Crippen LogP) is 5.09. The Morgan fingerprint density at radius 3 is 2.18 bits per heavy atom. The summed E-state index contributed by atoms with van der Waals surface area (Å²) in [7, 11) is 0. The summed E-state index contributed by atoms with van der Waals surface area (Å²) in [6.07, 6.45) is 3.92. The highest BCUT2D eigenvalue weighted by Crippen LogP contribution is 2.29. The average Bonchev–Trinajstić information content (AvgIpc) is 2.59. The molecule has 5 heteroatoms. The van der Waals surface area contributed by atoms with Crippen LogP contribution >= 0.6 is 0 Å². The summed E-state index contributed by atoms with van der Waals surface area (Å²) in [5.74, 6) is -0.648. The minimum atomic E-state index is -0.299. The van der Waals surface area contributed by atoms with Crippen molar-refractivity contribution in [2.24, 2.45) is 5.41 Å². The topological polar surface area (TPSA) is 58.2 Å². The minimum absolute atomic E-state index is 0.00437. The van der Waals surface area contributed by atoms with Crippen molar-refractivity contribution >= 4 is 23.6 Å². The van der Waals surface area contributed by atoms with Gasteiger partial charge in [-0.25, -0.2) is 4.39 Å². The monoisotopic (exact) mass is 382 g/mol. The fraction of sp³-hybridized carbons (Fsp3) is 0.304. The number of hydrogen-bond acceptors (Lipinski definition) is 2. The van der Waals surface area contributed by atoms with Crippen LogP contribution in [-0.4, -0.2) is 11.8 Å². The summed E-state index contributed by atoms with van der Waals surface area (Å²) in [6.45, 7) is 7.75. The minimum Gasteiger partial charge on any atom is -0.346 e. The predicted molar refractivity (Wildman–Crippen MR) is 111 cm³/mol. The molecule has 0 aliphatic heterocycles. The van der Waals surface area contributed by atoms with Gasteiger partial charge in [0.15, 0.2) is 0 Å². The van der Waals surface area contributed by atoms with Crippen LogP contribution in [0.4, 0.5) is 10.1 Å². The van der Waals surface area contributed by atoms with Gasteiger partial charge in [-0.3, -0.25) is 9.59 Å². The van der Waals surface area contributed by atoms with Gasteiger partial charge in [-0.2, -0.15) is 0 Å². The van der Waals surface area contributed by atoms with E-state index in [9.17, 15) is 14.0 Å². The first kappa shape index (κ1) is 21.4. The fourth-order valence-electron chi connectivity index (χ4n) is 2.83. The summed E-state index contributed by atoms with van der Waals surface area (Å²) in [4.78, 5) is 23.5. The van der Waals surface area contributed by atoms with Crippen LogP contribution in [0.1, 0.15) is 51.3 Å². The quantitative estimate of drug-likeness (QED) is 0.684. The summed E-state index contributed by atoms with van der Waals surface area (Å²) in [5, 5.41) is 5.71. The van der Waals surface area contributed by atoms with Crippen molar-refractivity contribution in [1.82, 2.24) is 5.32 Å². The zero-order valence-corrected chi connectivity index (χ0v) is 16.8. The molecule has 0 aromatic heterocycles. The van der Waals surface area contributed by atoms with Crippen LogP contribution in [0.5, 0.6) is 0 Å². The zero-order valence-electron chi connectivity index (χ0n) is 16.8. The molecule has 148 valence electrons. The summed E-state index contributed by atoms with van der Waals surface area (Å²) in [5.41, 5.74) is 2.42. The van der Waals surface area contributed by atoms with Crippen LogP contribution in [0.2, 0.25) is 0 Å². The number of rotatable bonds is 6. The van der Waals surface area contributed by atoms with Gasteiger partial charge in [0.05, 0.1) is 6.04 Å². The number of nitrogens with one attached hydrogen (secondary N) is 2. The largest absolute Gasteiger partial charge is 0.346 e. The van der Waals surface area contributed by atoms with Crippen molar-refractivity contribution in [3.63, 3.8) is 0 Å². The second-order valence-corrected chi connectivity index (χ2v) is 8.01. The van der Waals surface area contributed by atoms with Crippen molar-refractivity contribution in [3.8, 4) is 0 Å². The van der Waals surface area contributed by atoms with Crippen LogP contribution in [0.3, 0.4) is 0 Å². The molecule has 2 aromatic carbocycles. The van der Waals surface area contributed by atoms with Gasteiger partial charge in [0.2, 0.25) is 11.8 Å². The van der Waals surface area contributed by atoms with Crippen LogP contribution in [0.15, 0.2) is 54.6 Å². The number of hydrogen-bond donors (Lipinski definition) is 2. The molecule has 0 fully saturated rings. The van der Waals surface area contributed by atoms with Crippen LogP contribution in [0.25, 0.3) is 6.08 Å². The molecule has 0 radical (unpaired) electrons. The number of carbonyl (C=O) groups is 2. The Morgan fingerprint density at radius 1 is 1.04 bits per heavy atom. The van der Waals surface area contributed by atoms with Gasteiger partial charge in [0, 0.05) is 18.7 Å². The number of carbonyl (C=O) groups excluding carboxylic acids is 2. The molecule has 0 heterocycles. The first-order valence-electron chi connectivity index (χ1n) is 9.24. The maximum atomic E-state index is 13.2. The van der Waals surface area contributed by atoms with E-state index in [0.717, 1.165) is 17.5 Å². The van der Waals surface area contributed by atoms with Crippen LogP contribution < -0.4 is 10.6 Å². The van der Waals surface area contributed by atoms with Gasteiger partial charge < -0.3 is 10.6 Å². The Bertz CT molecular complexity index is 834. The molecule has 0 bridgehead atoms. The molecule has 4 nitrogen and oxygen atoms in total. The van der Waals surface area contributed by atoms with Crippen molar-refractivity contribution in [3.05, 3.63) is 71.6 Å². The maximum absolute atomic E-state index is 13.2. The number of halogens is 1. The first-order chi connectivity index (χ1) is 13.1. The van der Waals surface area contributed by atoms with Gasteiger partial charge >= 0.3 is 0 Å². The Kier molecular flexibility index (Phi) is 7.10. The molecule has 2 amide bonds. The van der Waals surface area contributed by atoms with Gasteiger partial charge in [-0.1, -0.05) is 45.0 Å². The lowest BCUT2D eigenvalue weighted by Crippen LogP contribution is -2.30. The van der Waals surface area contributed by atoms with Gasteiger partial charge in [-0.15, -0.1) is 0 Å². The SMILES string of the molecule is CC(=O)Nc1ccc(/C=C/C(=O)NC(CC(C)(C)C)c2ccc(F)cc2)cc1. The lowest BCUT2D eigenvalue weighted by molar-refractivity contribution is -0.117. The standard InChI is InChI=1S/C23H27FN2O2/c1-16(27)25-20-12-5-17(6-13-20)7-14-22(28)26-21(15-23(2,3)4)18-8-10-19(24)11-9-18/h5-14,21H,15H2,1-4H3,(H,25,27)(H,26,28)/b14-7+. The highest BCUT2D eigenvalue weighted by Gasteiger charge is 2.21. The van der Waals surface area contributed by atoms with Gasteiger partial charge in [0.25, 0.3) is 0 Å². The van der Waals surface area contributed by atoms with E-state index < -0.39 is 0 Å². The van der Waals surface area contributed by atoms with E-state index in [2.05, 4.69) is 31.4 Å². The molecule has 28 heavy (non-hydrogen) atoms. The molecule has 2 N–H and O–H groups in total. The van der Waals surface area contributed by atoms with Gasteiger partial charge in [0.1, 0.15) is 5.82 Å². The molecule has 1 unspecified atom stereocenters. The summed E-state index contributed by atoms with van der Waals surface area (Å²) in [6, 6.07) is 13.2. The smallest absolute Gasteiger partial charge is 0.244 e. The fourth-order valence-corrected chi connectivity index (χ4v) is 2.83. The van der Waals surface area contributed by atoms with E-state index in [1.807, 2.05) is 12.1 Å². The van der Waals surface area contributed by atoms with E-state index in [1.165, 1.54) is 25.1 Å². The lowest BCUT2D eigenvalue weighted by atomic mass is 9.85. The lowest BCUT2D eigenvalue weighted by Gasteiger charge is -2.27. The Balaban J connectivity index is 2.06. The zero-order chi connectivity index (χ0) is 20.7. The molecule has 0 aliphatic carbocycles. The molecule has 0 saturated heterocycles. The van der Waals surface area contributed by atoms with Crippen molar-refractivity contribution in [2.75, 3.05) is 5.32 Å². The maximum Gasteiger partial charge on any atom is 0.244 e. The molecule has 2 aromatic rings. The second-order valence-electron chi connectivity index (χ2n) is 8.01. The summed E-state index contributed by atoms with van der Waals surface area (Å²) >= 11 is 0. The Morgan fingerprint density at radius 2 is 1.64 bits per heavy atom. The number of amides is 2. The average molecular weight is 382 g/mol. The van der Waals surface area contributed by atoms with E-state index in [-0.39, 0.29) is 29.1 Å². The van der Waals surface area contributed by atoms with Crippen molar-refractivity contribution in [1.29, 1.82) is 0 Å². The number of benzene rings is 2. The van der Waals surface area contributed by atoms with E-state index in [0.29, 0.717) is 5.69 Å². The van der Waals surface area contributed by atoms with Crippen LogP contribution in [0, 0.1) is 11.2 Å². The molecule has 1 atom stereocenters. The highest BCUT2D eigenvalue weighted by molar-refractivity contribution is 5.92. The van der Waals surface area contributed by atoms with Crippen molar-refractivity contribution in [2.45, 2.75) is 40.2 Å². The van der Waals surface area contributed by atoms with E-state index in [1.54, 1.807) is 30.3 Å². The molecular formula is C23H27FN2O2. The Labute approximate surface area is 165 Å². The van der Waals surface area contributed by atoms with E-state index >= 15 is 0 Å². The Hall–Kier alpha value is -2.95. The molecule has 0 aliphatic rings. The van der Waals surface area contributed by atoms with Crippen molar-refractivity contribution < 1.29 is 14.0 Å². The normalized spacial score (nSPS) is 12.6. The van der Waals surface area contributed by atoms with Crippen LogP contribution in [-0.2, 0) is 9.59 Å². The molecule has 0 spiro atoms. The highest BCUT2D eigenvalue weighted by atomic mass is 19.1. The summed E-state index contributed by atoms with van der Waals surface area (Å²) < 4.78 is 13.2. The molecule has 0 saturated carbocycles. The number of anilines is 1. The molecule has 2 rings (SSSR count). The second kappa shape index (κ2) is 9.31. The van der Waals surface area contributed by atoms with E-state index in [4.69, 9.17) is 0 Å². The van der Waals surface area contributed by atoms with Gasteiger partial charge in [-0.05, 0) is 53.3 Å².